The number of ether oxygens (including phenoxy) is 1. The summed E-state index contributed by atoms with van der Waals surface area (Å²) < 4.78 is 5.84. The van der Waals surface area contributed by atoms with Crippen LogP contribution in [0, 0.1) is 6.92 Å². The third kappa shape index (κ3) is 4.29. The van der Waals surface area contributed by atoms with E-state index < -0.39 is 0 Å². The summed E-state index contributed by atoms with van der Waals surface area (Å²) in [6.07, 6.45) is 2.84. The summed E-state index contributed by atoms with van der Waals surface area (Å²) in [6.45, 7) is 9.60. The monoisotopic (exact) mass is 290 g/mol. The van der Waals surface area contributed by atoms with Gasteiger partial charge in [-0.1, -0.05) is 29.8 Å². The molecule has 1 saturated heterocycles. The summed E-state index contributed by atoms with van der Waals surface area (Å²) in [5.74, 6) is 0. The van der Waals surface area contributed by atoms with E-state index in [1.807, 2.05) is 0 Å². The quantitative estimate of drug-likeness (QED) is 0.871. The Morgan fingerprint density at radius 3 is 2.67 bits per heavy atom. The second kappa shape index (κ2) is 7.92. The maximum atomic E-state index is 5.84. The van der Waals surface area contributed by atoms with Crippen molar-refractivity contribution in [1.82, 2.24) is 10.2 Å². The molecule has 0 aliphatic carbocycles. The molecule has 1 aliphatic heterocycles. The fourth-order valence-electron chi connectivity index (χ4n) is 3.38. The Bertz CT molecular complexity index is 416. The minimum atomic E-state index is 0.367. The molecule has 1 N–H and O–H groups in total. The van der Waals surface area contributed by atoms with Gasteiger partial charge in [0.15, 0.2) is 0 Å². The molecule has 2 rings (SSSR count). The van der Waals surface area contributed by atoms with Gasteiger partial charge in [0.2, 0.25) is 0 Å². The maximum Gasteiger partial charge on any atom is 0.0702 e. The van der Waals surface area contributed by atoms with Crippen molar-refractivity contribution in [3.8, 4) is 0 Å². The largest absolute Gasteiger partial charge is 0.377 e. The molecule has 3 unspecified atom stereocenters. The van der Waals surface area contributed by atoms with E-state index in [1.54, 1.807) is 0 Å². The van der Waals surface area contributed by atoms with Crippen molar-refractivity contribution in [2.45, 2.75) is 51.8 Å². The molecule has 0 bridgehead atoms. The molecule has 0 saturated carbocycles. The van der Waals surface area contributed by atoms with E-state index in [-0.39, 0.29) is 0 Å². The molecule has 0 aromatic heterocycles. The molecular weight excluding hydrogens is 260 g/mol. The van der Waals surface area contributed by atoms with Crippen LogP contribution in [-0.2, 0) is 4.74 Å². The Morgan fingerprint density at radius 2 is 2.05 bits per heavy atom. The number of nitrogens with one attached hydrogen (secondary N) is 1. The van der Waals surface area contributed by atoms with Gasteiger partial charge in [0, 0.05) is 25.2 Å². The predicted molar refractivity (Wildman–Crippen MR) is 88.7 cm³/mol. The van der Waals surface area contributed by atoms with E-state index in [1.165, 1.54) is 30.5 Å². The molecule has 118 valence electrons. The topological polar surface area (TPSA) is 24.5 Å². The average Bonchev–Trinajstić information content (AvgIpc) is 2.50. The zero-order valence-corrected chi connectivity index (χ0v) is 13.9. The Balaban J connectivity index is 2.05. The molecule has 3 atom stereocenters. The molecule has 1 fully saturated rings. The van der Waals surface area contributed by atoms with Gasteiger partial charge in [0.25, 0.3) is 0 Å². The van der Waals surface area contributed by atoms with Crippen molar-refractivity contribution in [2.24, 2.45) is 0 Å². The van der Waals surface area contributed by atoms with E-state index in [0.717, 1.165) is 13.2 Å². The van der Waals surface area contributed by atoms with E-state index in [4.69, 9.17) is 4.74 Å². The number of hydrogen-bond donors (Lipinski definition) is 1. The van der Waals surface area contributed by atoms with Gasteiger partial charge in [-0.15, -0.1) is 0 Å². The van der Waals surface area contributed by atoms with E-state index in [2.05, 4.69) is 62.3 Å². The number of aryl methyl sites for hydroxylation is 1. The Hall–Kier alpha value is -0.900. The predicted octanol–water partition coefficient (Wildman–Crippen LogP) is 3.14. The second-order valence-electron chi connectivity index (χ2n) is 6.13. The van der Waals surface area contributed by atoms with Crippen LogP contribution in [0.15, 0.2) is 24.3 Å². The lowest BCUT2D eigenvalue weighted by molar-refractivity contribution is -0.00979. The van der Waals surface area contributed by atoms with Gasteiger partial charge in [0.1, 0.15) is 0 Å². The van der Waals surface area contributed by atoms with Crippen LogP contribution in [0.4, 0.5) is 0 Å². The molecule has 1 aromatic carbocycles. The van der Waals surface area contributed by atoms with Gasteiger partial charge in [-0.25, -0.2) is 0 Å². The van der Waals surface area contributed by atoms with Gasteiger partial charge in [0.05, 0.1) is 6.10 Å². The Morgan fingerprint density at radius 1 is 1.33 bits per heavy atom. The lowest BCUT2D eigenvalue weighted by Gasteiger charge is -2.40. The number of hydrogen-bond acceptors (Lipinski definition) is 3. The molecule has 1 aliphatic rings. The van der Waals surface area contributed by atoms with Crippen LogP contribution in [0.1, 0.15) is 43.9 Å². The molecule has 0 amide bonds. The Kier molecular flexibility index (Phi) is 6.22. The van der Waals surface area contributed by atoms with Crippen molar-refractivity contribution >= 4 is 0 Å². The first-order valence-electron chi connectivity index (χ1n) is 8.25. The number of likely N-dealkylation sites (tertiary alicyclic amines) is 1. The Labute approximate surface area is 129 Å². The third-order valence-corrected chi connectivity index (χ3v) is 4.62. The van der Waals surface area contributed by atoms with Gasteiger partial charge >= 0.3 is 0 Å². The van der Waals surface area contributed by atoms with Gasteiger partial charge in [-0.2, -0.15) is 0 Å². The van der Waals surface area contributed by atoms with Crippen molar-refractivity contribution in [1.29, 1.82) is 0 Å². The lowest BCUT2D eigenvalue weighted by Crippen LogP contribution is -2.48. The van der Waals surface area contributed by atoms with E-state index in [9.17, 15) is 0 Å². The highest BCUT2D eigenvalue weighted by Crippen LogP contribution is 2.24. The summed E-state index contributed by atoms with van der Waals surface area (Å²) in [5.41, 5.74) is 2.68. The number of rotatable bonds is 6. The van der Waals surface area contributed by atoms with Crippen molar-refractivity contribution in [3.63, 3.8) is 0 Å². The molecule has 21 heavy (non-hydrogen) atoms. The molecule has 0 radical (unpaired) electrons. The molecule has 3 heteroatoms. The molecular formula is C18H30N2O. The zero-order valence-electron chi connectivity index (χ0n) is 13.9. The number of nitrogens with zero attached hydrogens (tertiary/aromatic N) is 1. The summed E-state index contributed by atoms with van der Waals surface area (Å²) in [7, 11) is 2.06. The third-order valence-electron chi connectivity index (χ3n) is 4.62. The highest BCUT2D eigenvalue weighted by atomic mass is 16.5. The molecule has 1 aromatic rings. The fraction of sp³-hybridized carbons (Fsp3) is 0.667. The van der Waals surface area contributed by atoms with Crippen LogP contribution in [0.5, 0.6) is 0 Å². The first-order chi connectivity index (χ1) is 10.2. The molecule has 0 spiro atoms. The SMILES string of the molecule is CCOC1CCCN(C(C)C(NC)c2ccc(C)cc2)C1. The van der Waals surface area contributed by atoms with Crippen molar-refractivity contribution in [3.05, 3.63) is 35.4 Å². The normalized spacial score (nSPS) is 23.0. The van der Waals surface area contributed by atoms with E-state index >= 15 is 0 Å². The standard InChI is InChI=1S/C18H30N2O/c1-5-21-17-7-6-12-20(13-17)15(3)18(19-4)16-10-8-14(2)9-11-16/h8-11,15,17-19H,5-7,12-13H2,1-4H3. The second-order valence-corrected chi connectivity index (χ2v) is 6.13. The van der Waals surface area contributed by atoms with Crippen molar-refractivity contribution in [2.75, 3.05) is 26.7 Å². The van der Waals surface area contributed by atoms with Crippen LogP contribution >= 0.6 is 0 Å². The van der Waals surface area contributed by atoms with Crippen LogP contribution in [-0.4, -0.2) is 43.8 Å². The van der Waals surface area contributed by atoms with Gasteiger partial charge in [-0.05, 0) is 52.8 Å². The summed E-state index contributed by atoms with van der Waals surface area (Å²) >= 11 is 0. The first-order valence-corrected chi connectivity index (χ1v) is 8.25. The summed E-state index contributed by atoms with van der Waals surface area (Å²) in [6, 6.07) is 9.73. The lowest BCUT2D eigenvalue weighted by atomic mass is 9.96. The smallest absolute Gasteiger partial charge is 0.0702 e. The number of piperidine rings is 1. The van der Waals surface area contributed by atoms with Crippen molar-refractivity contribution < 1.29 is 4.74 Å². The highest BCUT2D eigenvalue weighted by Gasteiger charge is 2.28. The number of benzene rings is 1. The van der Waals surface area contributed by atoms with Crippen LogP contribution in [0.2, 0.25) is 0 Å². The summed E-state index contributed by atoms with van der Waals surface area (Å²) in [5, 5.41) is 3.50. The van der Waals surface area contributed by atoms with Gasteiger partial charge < -0.3 is 10.1 Å². The minimum absolute atomic E-state index is 0.367. The minimum Gasteiger partial charge on any atom is -0.377 e. The fourth-order valence-corrected chi connectivity index (χ4v) is 3.38. The highest BCUT2D eigenvalue weighted by molar-refractivity contribution is 5.25. The maximum absolute atomic E-state index is 5.84. The van der Waals surface area contributed by atoms with Gasteiger partial charge in [-0.3, -0.25) is 4.90 Å². The number of likely N-dealkylation sites (N-methyl/N-ethyl adjacent to an activating group) is 1. The molecule has 1 heterocycles. The zero-order chi connectivity index (χ0) is 15.2. The molecule has 3 nitrogen and oxygen atoms in total. The average molecular weight is 290 g/mol. The van der Waals surface area contributed by atoms with Crippen LogP contribution < -0.4 is 5.32 Å². The van der Waals surface area contributed by atoms with E-state index in [0.29, 0.717) is 18.2 Å². The summed E-state index contributed by atoms with van der Waals surface area (Å²) in [4.78, 5) is 2.57. The van der Waals surface area contributed by atoms with Crippen LogP contribution in [0.25, 0.3) is 0 Å². The van der Waals surface area contributed by atoms with Crippen LogP contribution in [0.3, 0.4) is 0 Å². The first kappa shape index (κ1) is 16.5.